The van der Waals surface area contributed by atoms with Gasteiger partial charge in [-0.2, -0.15) is 0 Å². The quantitative estimate of drug-likeness (QED) is 0.371. The van der Waals surface area contributed by atoms with E-state index in [4.69, 9.17) is 16.3 Å². The number of rotatable bonds is 7. The first-order valence-electron chi connectivity index (χ1n) is 9.48. The Morgan fingerprint density at radius 2 is 1.68 bits per heavy atom. The number of benzene rings is 3. The van der Waals surface area contributed by atoms with Crippen LogP contribution in [0.1, 0.15) is 0 Å². The SMILES string of the molecule is COc1ccc(Cl)cc1-c1nc(SCC(=O)N(c2ccccc2)c2ccccc2)n[nH]1. The molecule has 0 saturated carbocycles. The molecule has 0 atom stereocenters. The predicted molar refractivity (Wildman–Crippen MR) is 124 cm³/mol. The minimum absolute atomic E-state index is 0.0749. The number of aromatic nitrogens is 3. The predicted octanol–water partition coefficient (Wildman–Crippen LogP) is 5.59. The molecule has 1 N–H and O–H groups in total. The van der Waals surface area contributed by atoms with Gasteiger partial charge in [-0.15, -0.1) is 5.10 Å². The van der Waals surface area contributed by atoms with E-state index in [1.807, 2.05) is 60.7 Å². The van der Waals surface area contributed by atoms with Crippen LogP contribution in [-0.2, 0) is 4.79 Å². The molecule has 0 radical (unpaired) electrons. The van der Waals surface area contributed by atoms with E-state index in [0.717, 1.165) is 11.4 Å². The number of halogens is 1. The number of methoxy groups -OCH3 is 1. The highest BCUT2D eigenvalue weighted by Gasteiger charge is 2.19. The van der Waals surface area contributed by atoms with Crippen LogP contribution in [0.2, 0.25) is 5.02 Å². The van der Waals surface area contributed by atoms with E-state index in [9.17, 15) is 4.79 Å². The summed E-state index contributed by atoms with van der Waals surface area (Å²) in [6.45, 7) is 0. The lowest BCUT2D eigenvalue weighted by atomic mass is 10.2. The minimum Gasteiger partial charge on any atom is -0.496 e. The normalized spacial score (nSPS) is 10.6. The van der Waals surface area contributed by atoms with Crippen LogP contribution in [0, 0.1) is 0 Å². The van der Waals surface area contributed by atoms with E-state index < -0.39 is 0 Å². The van der Waals surface area contributed by atoms with Gasteiger partial charge in [0.1, 0.15) is 5.75 Å². The number of nitrogens with zero attached hydrogens (tertiary/aromatic N) is 3. The molecule has 0 saturated heterocycles. The Morgan fingerprint density at radius 3 is 2.29 bits per heavy atom. The molecule has 4 aromatic rings. The summed E-state index contributed by atoms with van der Waals surface area (Å²) in [5, 5.41) is 8.16. The van der Waals surface area contributed by atoms with Gasteiger partial charge in [0.2, 0.25) is 11.1 Å². The van der Waals surface area contributed by atoms with Crippen LogP contribution >= 0.6 is 23.4 Å². The van der Waals surface area contributed by atoms with Crippen molar-refractivity contribution in [3.8, 4) is 17.1 Å². The molecule has 1 heterocycles. The Labute approximate surface area is 189 Å². The number of nitrogens with one attached hydrogen (secondary N) is 1. The molecule has 0 unspecified atom stereocenters. The highest BCUT2D eigenvalue weighted by Crippen LogP contribution is 2.32. The molecule has 6 nitrogen and oxygen atoms in total. The fourth-order valence-corrected chi connectivity index (χ4v) is 3.90. The number of hydrogen-bond donors (Lipinski definition) is 1. The Morgan fingerprint density at radius 1 is 1.03 bits per heavy atom. The molecule has 0 spiro atoms. The maximum atomic E-state index is 13.1. The van der Waals surface area contributed by atoms with Crippen molar-refractivity contribution in [3.05, 3.63) is 83.9 Å². The van der Waals surface area contributed by atoms with E-state index >= 15 is 0 Å². The number of H-pyrrole nitrogens is 1. The van der Waals surface area contributed by atoms with Gasteiger partial charge in [0.15, 0.2) is 5.82 Å². The summed E-state index contributed by atoms with van der Waals surface area (Å²) in [6.07, 6.45) is 0. The fraction of sp³-hybridized carbons (Fsp3) is 0.0870. The third kappa shape index (κ3) is 4.90. The van der Waals surface area contributed by atoms with E-state index in [-0.39, 0.29) is 11.7 Å². The first-order valence-corrected chi connectivity index (χ1v) is 10.8. The van der Waals surface area contributed by atoms with Crippen molar-refractivity contribution in [2.75, 3.05) is 17.8 Å². The Kier molecular flexibility index (Phi) is 6.54. The lowest BCUT2D eigenvalue weighted by Crippen LogP contribution is -2.27. The molecule has 3 aromatic carbocycles. The van der Waals surface area contributed by atoms with Crippen molar-refractivity contribution in [2.45, 2.75) is 5.16 Å². The number of carbonyl (C=O) groups is 1. The van der Waals surface area contributed by atoms with Gasteiger partial charge in [0.05, 0.1) is 18.4 Å². The van der Waals surface area contributed by atoms with E-state index in [1.54, 1.807) is 30.2 Å². The van der Waals surface area contributed by atoms with Gasteiger partial charge in [-0.3, -0.25) is 14.8 Å². The smallest absolute Gasteiger partial charge is 0.242 e. The number of aromatic amines is 1. The summed E-state index contributed by atoms with van der Waals surface area (Å²) in [7, 11) is 1.58. The second-order valence-electron chi connectivity index (χ2n) is 6.50. The van der Waals surface area contributed by atoms with E-state index in [0.29, 0.717) is 27.3 Å². The summed E-state index contributed by atoms with van der Waals surface area (Å²) in [6, 6.07) is 24.4. The topological polar surface area (TPSA) is 71.1 Å². The highest BCUT2D eigenvalue weighted by atomic mass is 35.5. The zero-order chi connectivity index (χ0) is 21.6. The molecular weight excluding hydrogens is 432 g/mol. The summed E-state index contributed by atoms with van der Waals surface area (Å²) < 4.78 is 5.38. The van der Waals surface area contributed by atoms with Crippen LogP contribution < -0.4 is 9.64 Å². The van der Waals surface area contributed by atoms with Gasteiger partial charge >= 0.3 is 0 Å². The summed E-state index contributed by atoms with van der Waals surface area (Å²) in [5.41, 5.74) is 2.31. The maximum absolute atomic E-state index is 13.1. The number of hydrogen-bond acceptors (Lipinski definition) is 5. The van der Waals surface area contributed by atoms with Crippen LogP contribution in [0.4, 0.5) is 11.4 Å². The van der Waals surface area contributed by atoms with Gasteiger partial charge in [0.25, 0.3) is 0 Å². The molecule has 8 heteroatoms. The molecular formula is C23H19ClN4O2S. The maximum Gasteiger partial charge on any atom is 0.242 e. The largest absolute Gasteiger partial charge is 0.496 e. The Hall–Kier alpha value is -3.29. The molecule has 0 aliphatic heterocycles. The fourth-order valence-electron chi connectivity index (χ4n) is 3.08. The molecule has 1 aromatic heterocycles. The average Bonchev–Trinajstić information content (AvgIpc) is 3.28. The molecule has 0 aliphatic rings. The summed E-state index contributed by atoms with van der Waals surface area (Å²) >= 11 is 7.37. The number of amides is 1. The highest BCUT2D eigenvalue weighted by molar-refractivity contribution is 7.99. The van der Waals surface area contributed by atoms with Crippen LogP contribution in [0.5, 0.6) is 5.75 Å². The number of anilines is 2. The van der Waals surface area contributed by atoms with Crippen LogP contribution in [-0.4, -0.2) is 34.0 Å². The molecule has 31 heavy (non-hydrogen) atoms. The first kappa shape index (κ1) is 21.0. The molecule has 156 valence electrons. The average molecular weight is 451 g/mol. The van der Waals surface area contributed by atoms with Crippen molar-refractivity contribution in [3.63, 3.8) is 0 Å². The molecule has 0 fully saturated rings. The second-order valence-corrected chi connectivity index (χ2v) is 7.88. The molecule has 0 bridgehead atoms. The van der Waals surface area contributed by atoms with Crippen LogP contribution in [0.15, 0.2) is 84.0 Å². The third-order valence-corrected chi connectivity index (χ3v) is 5.55. The summed E-state index contributed by atoms with van der Waals surface area (Å²) in [4.78, 5) is 19.3. The van der Waals surface area contributed by atoms with E-state index in [1.165, 1.54) is 11.8 Å². The molecule has 0 aliphatic carbocycles. The van der Waals surface area contributed by atoms with Gasteiger partial charge in [0, 0.05) is 16.4 Å². The van der Waals surface area contributed by atoms with Gasteiger partial charge in [-0.05, 0) is 42.5 Å². The summed E-state index contributed by atoms with van der Waals surface area (Å²) in [5.74, 6) is 1.26. The molecule has 1 amide bonds. The first-order chi connectivity index (χ1) is 15.2. The van der Waals surface area contributed by atoms with Crippen molar-refractivity contribution in [2.24, 2.45) is 0 Å². The lowest BCUT2D eigenvalue weighted by molar-refractivity contribution is -0.115. The molecule has 4 rings (SSSR count). The number of ether oxygens (including phenoxy) is 1. The van der Waals surface area contributed by atoms with Gasteiger partial charge < -0.3 is 4.74 Å². The van der Waals surface area contributed by atoms with Gasteiger partial charge in [-0.1, -0.05) is 59.8 Å². The Bertz CT molecular complexity index is 1130. The van der Waals surface area contributed by atoms with Crippen LogP contribution in [0.25, 0.3) is 11.4 Å². The monoisotopic (exact) mass is 450 g/mol. The Balaban J connectivity index is 1.52. The minimum atomic E-state index is -0.0749. The zero-order valence-corrected chi connectivity index (χ0v) is 18.2. The van der Waals surface area contributed by atoms with Crippen molar-refractivity contribution >= 4 is 40.6 Å². The standard InChI is InChI=1S/C23H19ClN4O2S/c1-30-20-13-12-16(24)14-19(20)22-25-23(27-26-22)31-15-21(29)28(17-8-4-2-5-9-17)18-10-6-3-7-11-18/h2-14H,15H2,1H3,(H,25,26,27). The lowest BCUT2D eigenvalue weighted by Gasteiger charge is -2.22. The van der Waals surface area contributed by atoms with Gasteiger partial charge in [-0.25, -0.2) is 4.98 Å². The van der Waals surface area contributed by atoms with Crippen molar-refractivity contribution in [1.29, 1.82) is 0 Å². The van der Waals surface area contributed by atoms with Crippen LogP contribution in [0.3, 0.4) is 0 Å². The second kappa shape index (κ2) is 9.68. The number of carbonyl (C=O) groups excluding carboxylic acids is 1. The zero-order valence-electron chi connectivity index (χ0n) is 16.7. The number of para-hydroxylation sites is 2. The van der Waals surface area contributed by atoms with Crippen molar-refractivity contribution < 1.29 is 9.53 Å². The van der Waals surface area contributed by atoms with E-state index in [2.05, 4.69) is 15.2 Å². The number of thioether (sulfide) groups is 1. The third-order valence-electron chi connectivity index (χ3n) is 4.48. The van der Waals surface area contributed by atoms with Crippen molar-refractivity contribution in [1.82, 2.24) is 15.2 Å².